The van der Waals surface area contributed by atoms with Gasteiger partial charge >= 0.3 is 5.97 Å². The van der Waals surface area contributed by atoms with E-state index in [4.69, 9.17) is 4.74 Å². The second kappa shape index (κ2) is 10.4. The Bertz CT molecular complexity index is 990. The van der Waals surface area contributed by atoms with Gasteiger partial charge in [-0.3, -0.25) is 9.59 Å². The first-order valence-electron chi connectivity index (χ1n) is 9.04. The van der Waals surface area contributed by atoms with Crippen LogP contribution in [-0.2, 0) is 19.6 Å². The number of hydrogen-bond acceptors (Lipinski definition) is 5. The van der Waals surface area contributed by atoms with Crippen molar-refractivity contribution in [2.24, 2.45) is 0 Å². The van der Waals surface area contributed by atoms with E-state index in [9.17, 15) is 18.0 Å². The average Bonchev–Trinajstić information content (AvgIpc) is 2.65. The number of hydrogen-bond donors (Lipinski definition) is 0. The van der Waals surface area contributed by atoms with Gasteiger partial charge in [-0.2, -0.15) is 0 Å². The summed E-state index contributed by atoms with van der Waals surface area (Å²) in [6.45, 7) is 3.67. The maximum Gasteiger partial charge on any atom is 0.311 e. The molecule has 0 aliphatic heterocycles. The van der Waals surface area contributed by atoms with Crippen molar-refractivity contribution in [3.05, 3.63) is 51.4 Å². The molecule has 2 aromatic rings. The zero-order chi connectivity index (χ0) is 21.6. The number of anilines is 1. The van der Waals surface area contributed by atoms with Crippen molar-refractivity contribution in [2.45, 2.75) is 44.4 Å². The third kappa shape index (κ3) is 5.90. The van der Waals surface area contributed by atoms with Crippen LogP contribution in [0.15, 0.2) is 56.3 Å². The molecule has 0 bridgehead atoms. The molecular formula is C20H21Br2NO5S. The Labute approximate surface area is 187 Å². The number of rotatable bonds is 8. The van der Waals surface area contributed by atoms with Gasteiger partial charge in [0.15, 0.2) is 0 Å². The Kier molecular flexibility index (Phi) is 8.42. The third-order valence-electron chi connectivity index (χ3n) is 3.86. The summed E-state index contributed by atoms with van der Waals surface area (Å²) in [5.74, 6) is -0.629. The van der Waals surface area contributed by atoms with E-state index in [-0.39, 0.29) is 35.1 Å². The largest absolute Gasteiger partial charge is 0.427 e. The summed E-state index contributed by atoms with van der Waals surface area (Å²) in [6.07, 6.45) is 1.51. The predicted octanol–water partition coefficient (Wildman–Crippen LogP) is 5.44. The van der Waals surface area contributed by atoms with Gasteiger partial charge in [-0.15, -0.1) is 0 Å². The molecule has 156 valence electrons. The summed E-state index contributed by atoms with van der Waals surface area (Å²) in [7, 11) is -4.17. The Hall–Kier alpha value is -1.71. The van der Waals surface area contributed by atoms with E-state index < -0.39 is 15.9 Å². The molecule has 2 aromatic carbocycles. The van der Waals surface area contributed by atoms with Crippen molar-refractivity contribution in [2.75, 3.05) is 4.31 Å². The molecule has 6 nitrogen and oxygen atoms in total. The van der Waals surface area contributed by atoms with Crippen LogP contribution >= 0.6 is 31.9 Å². The van der Waals surface area contributed by atoms with Crippen molar-refractivity contribution >= 4 is 59.4 Å². The molecular weight excluding hydrogens is 526 g/mol. The molecule has 9 heteroatoms. The number of benzene rings is 2. The van der Waals surface area contributed by atoms with Gasteiger partial charge in [0.1, 0.15) is 10.6 Å². The van der Waals surface area contributed by atoms with Crippen molar-refractivity contribution in [3.63, 3.8) is 0 Å². The molecule has 0 heterocycles. The summed E-state index contributed by atoms with van der Waals surface area (Å²) in [6, 6.07) is 10.6. The van der Waals surface area contributed by atoms with Gasteiger partial charge in [0.05, 0.1) is 5.69 Å². The second-order valence-corrected chi connectivity index (χ2v) is 9.73. The maximum atomic E-state index is 13.3. The summed E-state index contributed by atoms with van der Waals surface area (Å²) in [5, 5.41) is 0. The van der Waals surface area contributed by atoms with Crippen LogP contribution in [0, 0.1) is 0 Å². The van der Waals surface area contributed by atoms with E-state index in [0.29, 0.717) is 21.8 Å². The van der Waals surface area contributed by atoms with Crippen molar-refractivity contribution in [3.8, 4) is 5.75 Å². The Morgan fingerprint density at radius 2 is 1.59 bits per heavy atom. The summed E-state index contributed by atoms with van der Waals surface area (Å²) >= 11 is 6.52. The van der Waals surface area contributed by atoms with Crippen LogP contribution in [0.3, 0.4) is 0 Å². The highest BCUT2D eigenvalue weighted by Gasteiger charge is 2.32. The minimum Gasteiger partial charge on any atom is -0.427 e. The van der Waals surface area contributed by atoms with Crippen molar-refractivity contribution in [1.82, 2.24) is 0 Å². The highest BCUT2D eigenvalue weighted by molar-refractivity contribution is 9.11. The van der Waals surface area contributed by atoms with Crippen LogP contribution < -0.4 is 9.04 Å². The Balaban J connectivity index is 2.47. The number of carbonyl (C=O) groups excluding carboxylic acids is 2. The lowest BCUT2D eigenvalue weighted by Gasteiger charge is -2.23. The molecule has 0 fully saturated rings. The predicted molar refractivity (Wildman–Crippen MR) is 118 cm³/mol. The molecule has 0 aliphatic rings. The van der Waals surface area contributed by atoms with Gasteiger partial charge in [-0.05, 0) is 71.2 Å². The summed E-state index contributed by atoms with van der Waals surface area (Å²) in [5.41, 5.74) is 0.172. The maximum absolute atomic E-state index is 13.3. The SMILES string of the molecule is CCCC(=O)Oc1ccc(N(C(=O)CCC)S(=O)(=O)c2cc(Br)ccc2Br)cc1. The number of sulfonamides is 1. The van der Waals surface area contributed by atoms with E-state index in [2.05, 4.69) is 31.9 Å². The van der Waals surface area contributed by atoms with Gasteiger partial charge in [-0.25, -0.2) is 12.7 Å². The van der Waals surface area contributed by atoms with E-state index in [1.807, 2.05) is 6.92 Å². The highest BCUT2D eigenvalue weighted by Crippen LogP contribution is 2.32. The van der Waals surface area contributed by atoms with Crippen LogP contribution in [-0.4, -0.2) is 20.3 Å². The van der Waals surface area contributed by atoms with E-state index >= 15 is 0 Å². The number of nitrogens with zero attached hydrogens (tertiary/aromatic N) is 1. The van der Waals surface area contributed by atoms with Gasteiger partial charge in [0.2, 0.25) is 5.91 Å². The molecule has 0 saturated heterocycles. The standard InChI is InChI=1S/C20H21Br2NO5S/c1-3-5-19(24)23(29(26,27)18-13-14(21)7-12-17(18)22)15-8-10-16(11-9-15)28-20(25)6-4-2/h7-13H,3-6H2,1-2H3. The minimum atomic E-state index is -4.17. The minimum absolute atomic E-state index is 0.0326. The molecule has 0 aliphatic carbocycles. The summed E-state index contributed by atoms with van der Waals surface area (Å²) < 4.78 is 33.6. The lowest BCUT2D eigenvalue weighted by Crippen LogP contribution is -2.37. The highest BCUT2D eigenvalue weighted by atomic mass is 79.9. The van der Waals surface area contributed by atoms with Crippen LogP contribution in [0.2, 0.25) is 0 Å². The fraction of sp³-hybridized carbons (Fsp3) is 0.300. The van der Waals surface area contributed by atoms with E-state index in [0.717, 1.165) is 4.31 Å². The quantitative estimate of drug-likeness (QED) is 0.325. The van der Waals surface area contributed by atoms with Crippen molar-refractivity contribution in [1.29, 1.82) is 0 Å². The number of amides is 1. The molecule has 2 rings (SSSR count). The second-order valence-electron chi connectivity index (χ2n) is 6.21. The number of halogens is 2. The van der Waals surface area contributed by atoms with Crippen LogP contribution in [0.4, 0.5) is 5.69 Å². The molecule has 0 aromatic heterocycles. The van der Waals surface area contributed by atoms with Gasteiger partial charge < -0.3 is 4.74 Å². The normalized spacial score (nSPS) is 11.2. The van der Waals surface area contributed by atoms with Crippen molar-refractivity contribution < 1.29 is 22.7 Å². The van der Waals surface area contributed by atoms with Crippen LogP contribution in [0.5, 0.6) is 5.75 Å². The molecule has 0 unspecified atom stereocenters. The lowest BCUT2D eigenvalue weighted by molar-refractivity contribution is -0.134. The number of esters is 1. The fourth-order valence-corrected chi connectivity index (χ4v) is 5.46. The van der Waals surface area contributed by atoms with Gasteiger partial charge in [-0.1, -0.05) is 29.8 Å². The van der Waals surface area contributed by atoms with Crippen LogP contribution in [0.25, 0.3) is 0 Å². The molecule has 1 amide bonds. The number of carbonyl (C=O) groups is 2. The topological polar surface area (TPSA) is 80.8 Å². The third-order valence-corrected chi connectivity index (χ3v) is 7.09. The smallest absolute Gasteiger partial charge is 0.311 e. The average molecular weight is 547 g/mol. The first kappa shape index (κ1) is 23.6. The fourth-order valence-electron chi connectivity index (χ4n) is 2.54. The van der Waals surface area contributed by atoms with Gasteiger partial charge in [0.25, 0.3) is 10.0 Å². The first-order chi connectivity index (χ1) is 13.7. The Morgan fingerprint density at radius 1 is 0.966 bits per heavy atom. The monoisotopic (exact) mass is 545 g/mol. The molecule has 29 heavy (non-hydrogen) atoms. The van der Waals surface area contributed by atoms with E-state index in [1.54, 1.807) is 19.1 Å². The van der Waals surface area contributed by atoms with E-state index in [1.165, 1.54) is 30.3 Å². The molecule has 0 N–H and O–H groups in total. The molecule has 0 spiro atoms. The van der Waals surface area contributed by atoms with Gasteiger partial charge in [0, 0.05) is 21.8 Å². The Morgan fingerprint density at radius 3 is 2.17 bits per heavy atom. The molecule has 0 radical (unpaired) electrons. The molecule has 0 atom stereocenters. The first-order valence-corrected chi connectivity index (χ1v) is 12.1. The lowest BCUT2D eigenvalue weighted by atomic mass is 10.2. The zero-order valence-corrected chi connectivity index (χ0v) is 20.0. The summed E-state index contributed by atoms with van der Waals surface area (Å²) in [4.78, 5) is 24.4. The molecule has 0 saturated carbocycles. The zero-order valence-electron chi connectivity index (χ0n) is 16.0. The van der Waals surface area contributed by atoms with Crippen LogP contribution in [0.1, 0.15) is 39.5 Å². The number of ether oxygens (including phenoxy) is 1.